The van der Waals surface area contributed by atoms with Crippen LogP contribution >= 0.6 is 0 Å². The Balaban J connectivity index is 1.48. The molecule has 0 unspecified atom stereocenters. The van der Waals surface area contributed by atoms with Gasteiger partial charge in [0.15, 0.2) is 17.2 Å². The summed E-state index contributed by atoms with van der Waals surface area (Å²) in [7, 11) is 0. The lowest BCUT2D eigenvalue weighted by Gasteiger charge is -2.25. The third-order valence-electron chi connectivity index (χ3n) is 6.79. The van der Waals surface area contributed by atoms with Crippen molar-refractivity contribution in [2.24, 2.45) is 5.73 Å². The minimum atomic E-state index is -1.19. The van der Waals surface area contributed by atoms with Gasteiger partial charge in [0.25, 0.3) is 5.91 Å². The van der Waals surface area contributed by atoms with Gasteiger partial charge in [-0.2, -0.15) is 14.8 Å². The molecule has 1 atom stereocenters. The number of likely N-dealkylation sites (tertiary alicyclic amines) is 1. The first-order valence-corrected chi connectivity index (χ1v) is 13.1. The van der Waals surface area contributed by atoms with Gasteiger partial charge in [0.1, 0.15) is 41.0 Å². The van der Waals surface area contributed by atoms with E-state index in [9.17, 15) is 18.8 Å². The highest BCUT2D eigenvalue weighted by molar-refractivity contribution is 5.99. The van der Waals surface area contributed by atoms with Crippen molar-refractivity contribution in [2.45, 2.75) is 44.8 Å². The van der Waals surface area contributed by atoms with Gasteiger partial charge in [0.05, 0.1) is 18.0 Å². The molecular weight excluding hydrogens is 549 g/mol. The minimum absolute atomic E-state index is 0.0468. The van der Waals surface area contributed by atoms with Crippen molar-refractivity contribution in [1.82, 2.24) is 24.6 Å². The van der Waals surface area contributed by atoms with Crippen molar-refractivity contribution in [3.05, 3.63) is 71.8 Å². The van der Waals surface area contributed by atoms with Crippen molar-refractivity contribution < 1.29 is 22.7 Å². The van der Waals surface area contributed by atoms with Gasteiger partial charge in [-0.15, -0.1) is 0 Å². The van der Waals surface area contributed by atoms with E-state index in [4.69, 9.17) is 16.2 Å². The molecule has 0 aliphatic carbocycles. The number of halogens is 3. The zero-order chi connectivity index (χ0) is 30.2. The maximum Gasteiger partial charge on any atom is 0.264 e. The second kappa shape index (κ2) is 11.1. The first-order chi connectivity index (χ1) is 20.0. The quantitative estimate of drug-likeness (QED) is 0.242. The van der Waals surface area contributed by atoms with Crippen LogP contribution in [-0.4, -0.2) is 48.7 Å². The average molecular weight is 577 g/mol. The van der Waals surface area contributed by atoms with Crippen LogP contribution < -0.4 is 16.2 Å². The second-order valence-corrected chi connectivity index (χ2v) is 10.6. The first kappa shape index (κ1) is 28.6. The van der Waals surface area contributed by atoms with E-state index in [0.29, 0.717) is 30.4 Å². The second-order valence-electron chi connectivity index (χ2n) is 10.6. The molecule has 4 aromatic rings. The predicted octanol–water partition coefficient (Wildman–Crippen LogP) is 4.46. The fourth-order valence-electron chi connectivity index (χ4n) is 4.95. The van der Waals surface area contributed by atoms with Crippen molar-refractivity contribution >= 4 is 22.8 Å². The number of fused-ring (bicyclic) bond motifs is 1. The molecule has 0 spiro atoms. The molecule has 4 N–H and O–H groups in total. The van der Waals surface area contributed by atoms with Crippen LogP contribution in [0.25, 0.3) is 22.3 Å². The summed E-state index contributed by atoms with van der Waals surface area (Å²) in [5.41, 5.74) is 11.8. The summed E-state index contributed by atoms with van der Waals surface area (Å²) in [6, 6.07) is 8.86. The molecule has 1 fully saturated rings. The lowest BCUT2D eigenvalue weighted by Crippen LogP contribution is -2.40. The number of aromatic nitrogens is 4. The van der Waals surface area contributed by atoms with Crippen LogP contribution in [0.4, 0.5) is 19.0 Å². The molecule has 1 aliphatic heterocycles. The number of anilines is 1. The molecule has 2 aromatic heterocycles. The number of nitrogens with two attached hydrogens (primary N) is 2. The van der Waals surface area contributed by atoms with Crippen LogP contribution in [0.5, 0.6) is 11.5 Å². The number of rotatable bonds is 7. The number of benzene rings is 2. The molecule has 1 aliphatic rings. The number of nitriles is 1. The van der Waals surface area contributed by atoms with Crippen LogP contribution in [0.2, 0.25) is 0 Å². The molecule has 3 heterocycles. The normalized spacial score (nSPS) is 15.7. The number of hydrogen-bond acceptors (Lipinski definition) is 8. The highest BCUT2D eigenvalue weighted by atomic mass is 19.2. The largest absolute Gasteiger partial charge is 0.454 e. The molecule has 0 bridgehead atoms. The Bertz CT molecular complexity index is 1760. The summed E-state index contributed by atoms with van der Waals surface area (Å²) < 4.78 is 50.0. The summed E-state index contributed by atoms with van der Waals surface area (Å²) in [6.07, 6.45) is 4.06. The highest BCUT2D eigenvalue weighted by Gasteiger charge is 2.33. The SMILES string of the molecule is CC(C)(N)/C=C(\C#N)C(=O)N1CCC[C@H]1Cn1nc(-c2ccc(Oc3cccc(F)c3F)cc2F)c2c(N)ncnc21. The molecule has 1 saturated heterocycles. The fourth-order valence-corrected chi connectivity index (χ4v) is 4.95. The van der Waals surface area contributed by atoms with E-state index >= 15 is 4.39 Å². The summed E-state index contributed by atoms with van der Waals surface area (Å²) in [6.45, 7) is 4.03. The van der Waals surface area contributed by atoms with Crippen LogP contribution in [0.1, 0.15) is 26.7 Å². The first-order valence-electron chi connectivity index (χ1n) is 13.1. The standard InChI is InChI=1S/C29H27F3N8O2/c1-29(2,35)12-16(13-33)28(41)39-10-4-5-17(39)14-40-27-23(26(34)36-15-37-27)25(38-40)19-9-8-18(11-21(19)31)42-22-7-3-6-20(30)24(22)32/h3,6-9,11-12,15,17H,4-5,10,14,35H2,1-2H3,(H2,34,36,37)/b16-12+/t17-/m0/s1. The number of amides is 1. The summed E-state index contributed by atoms with van der Waals surface area (Å²) >= 11 is 0. The number of nitrogens with zero attached hydrogens (tertiary/aromatic N) is 6. The molecule has 42 heavy (non-hydrogen) atoms. The Morgan fingerprint density at radius 2 is 2.00 bits per heavy atom. The van der Waals surface area contributed by atoms with E-state index in [1.807, 2.05) is 6.07 Å². The molecule has 216 valence electrons. The maximum absolute atomic E-state index is 15.4. The van der Waals surface area contributed by atoms with Crippen molar-refractivity contribution in [2.75, 3.05) is 12.3 Å². The summed E-state index contributed by atoms with van der Waals surface area (Å²) in [5, 5.41) is 14.5. The third-order valence-corrected chi connectivity index (χ3v) is 6.79. The van der Waals surface area contributed by atoms with E-state index in [1.165, 1.54) is 41.4 Å². The molecule has 10 nitrogen and oxygen atoms in total. The fraction of sp³-hybridized carbons (Fsp3) is 0.276. The van der Waals surface area contributed by atoms with Crippen LogP contribution in [0.15, 0.2) is 54.4 Å². The average Bonchev–Trinajstić information content (AvgIpc) is 3.55. The number of nitrogen functional groups attached to an aromatic ring is 1. The molecule has 0 saturated carbocycles. The van der Waals surface area contributed by atoms with E-state index in [0.717, 1.165) is 12.1 Å². The molecule has 5 rings (SSSR count). The van der Waals surface area contributed by atoms with Gasteiger partial charge in [0, 0.05) is 23.7 Å². The number of ether oxygens (including phenoxy) is 1. The molecule has 13 heteroatoms. The number of carbonyl (C=O) groups is 1. The van der Waals surface area contributed by atoms with Crippen molar-refractivity contribution in [3.8, 4) is 28.8 Å². The van der Waals surface area contributed by atoms with Crippen LogP contribution in [0, 0.1) is 28.8 Å². The third kappa shape index (κ3) is 5.61. The van der Waals surface area contributed by atoms with Gasteiger partial charge in [-0.3, -0.25) is 4.79 Å². The van der Waals surface area contributed by atoms with Gasteiger partial charge in [-0.25, -0.2) is 23.4 Å². The Hall–Kier alpha value is -4.96. The van der Waals surface area contributed by atoms with E-state index in [-0.39, 0.29) is 41.0 Å². The Labute approximate surface area is 239 Å². The molecule has 0 radical (unpaired) electrons. The van der Waals surface area contributed by atoms with Gasteiger partial charge in [0.2, 0.25) is 5.82 Å². The molecule has 1 amide bonds. The highest BCUT2D eigenvalue weighted by Crippen LogP contribution is 2.35. The van der Waals surface area contributed by atoms with E-state index in [1.54, 1.807) is 18.7 Å². The Morgan fingerprint density at radius 1 is 1.21 bits per heavy atom. The van der Waals surface area contributed by atoms with Gasteiger partial charge < -0.3 is 21.1 Å². The van der Waals surface area contributed by atoms with Gasteiger partial charge >= 0.3 is 0 Å². The predicted molar refractivity (Wildman–Crippen MR) is 148 cm³/mol. The van der Waals surface area contributed by atoms with Crippen molar-refractivity contribution in [3.63, 3.8) is 0 Å². The van der Waals surface area contributed by atoms with Gasteiger partial charge in [-0.05, 0) is 57.0 Å². The van der Waals surface area contributed by atoms with E-state index < -0.39 is 34.6 Å². The maximum atomic E-state index is 15.4. The van der Waals surface area contributed by atoms with Crippen molar-refractivity contribution in [1.29, 1.82) is 5.26 Å². The zero-order valence-corrected chi connectivity index (χ0v) is 22.8. The smallest absolute Gasteiger partial charge is 0.264 e. The zero-order valence-electron chi connectivity index (χ0n) is 22.8. The molecular formula is C29H27F3N8O2. The lowest BCUT2D eigenvalue weighted by atomic mass is 10.0. The Morgan fingerprint density at radius 3 is 2.71 bits per heavy atom. The molecule has 2 aromatic carbocycles. The minimum Gasteiger partial charge on any atom is -0.454 e. The van der Waals surface area contributed by atoms with Crippen LogP contribution in [0.3, 0.4) is 0 Å². The van der Waals surface area contributed by atoms with Gasteiger partial charge in [-0.1, -0.05) is 6.07 Å². The summed E-state index contributed by atoms with van der Waals surface area (Å²) in [5.74, 6) is -3.86. The lowest BCUT2D eigenvalue weighted by molar-refractivity contribution is -0.127. The summed E-state index contributed by atoms with van der Waals surface area (Å²) in [4.78, 5) is 23.2. The van der Waals surface area contributed by atoms with Crippen LogP contribution in [-0.2, 0) is 11.3 Å². The Kier molecular flexibility index (Phi) is 7.57. The van der Waals surface area contributed by atoms with E-state index in [2.05, 4.69) is 15.1 Å². The number of hydrogen-bond donors (Lipinski definition) is 2. The monoisotopic (exact) mass is 576 g/mol. The topological polar surface area (TPSA) is 149 Å². The number of carbonyl (C=O) groups excluding carboxylic acids is 1.